The fourth-order valence-electron chi connectivity index (χ4n) is 3.40. The highest BCUT2D eigenvalue weighted by Crippen LogP contribution is 2.41. The molecule has 106 valence electrons. The van der Waals surface area contributed by atoms with Crippen molar-refractivity contribution < 1.29 is 0 Å². The molecule has 0 bridgehead atoms. The summed E-state index contributed by atoms with van der Waals surface area (Å²) in [6.45, 7) is 0. The van der Waals surface area contributed by atoms with Gasteiger partial charge in [0.2, 0.25) is 0 Å². The van der Waals surface area contributed by atoms with Gasteiger partial charge in [0, 0.05) is 19.0 Å². The number of nitrogens with two attached hydrogens (primary N) is 1. The molecule has 5 nitrogen and oxygen atoms in total. The first-order chi connectivity index (χ1) is 9.75. The zero-order valence-corrected chi connectivity index (χ0v) is 11.9. The van der Waals surface area contributed by atoms with Crippen LogP contribution in [-0.2, 0) is 7.05 Å². The third-order valence-corrected chi connectivity index (χ3v) is 4.74. The van der Waals surface area contributed by atoms with Gasteiger partial charge in [0.1, 0.15) is 17.3 Å². The van der Waals surface area contributed by atoms with Crippen LogP contribution in [0.1, 0.15) is 56.3 Å². The van der Waals surface area contributed by atoms with E-state index in [2.05, 4.69) is 14.1 Å². The van der Waals surface area contributed by atoms with E-state index in [1.165, 1.54) is 38.5 Å². The van der Waals surface area contributed by atoms with Gasteiger partial charge in [0.05, 0.1) is 18.2 Å². The highest BCUT2D eigenvalue weighted by Gasteiger charge is 2.29. The number of imidazole rings is 2. The van der Waals surface area contributed by atoms with E-state index in [4.69, 9.17) is 10.7 Å². The third kappa shape index (κ3) is 1.76. The summed E-state index contributed by atoms with van der Waals surface area (Å²) in [5.41, 5.74) is 8.30. The second-order valence-electron chi connectivity index (χ2n) is 6.16. The van der Waals surface area contributed by atoms with Crippen molar-refractivity contribution in [3.8, 4) is 11.4 Å². The Kier molecular flexibility index (Phi) is 2.62. The zero-order valence-electron chi connectivity index (χ0n) is 11.9. The monoisotopic (exact) mass is 271 g/mol. The van der Waals surface area contributed by atoms with E-state index in [1.54, 1.807) is 0 Å². The van der Waals surface area contributed by atoms with Gasteiger partial charge >= 0.3 is 0 Å². The Morgan fingerprint density at radius 3 is 2.65 bits per heavy atom. The minimum absolute atomic E-state index is 0.577. The van der Waals surface area contributed by atoms with Crippen molar-refractivity contribution in [2.45, 2.75) is 50.5 Å². The third-order valence-electron chi connectivity index (χ3n) is 4.74. The van der Waals surface area contributed by atoms with E-state index in [-0.39, 0.29) is 0 Å². The Balaban J connectivity index is 1.77. The maximum Gasteiger partial charge on any atom is 0.133 e. The van der Waals surface area contributed by atoms with Crippen LogP contribution in [0.15, 0.2) is 12.5 Å². The van der Waals surface area contributed by atoms with E-state index < -0.39 is 0 Å². The molecule has 5 heteroatoms. The molecular weight excluding hydrogens is 250 g/mol. The average molecular weight is 271 g/mol. The summed E-state index contributed by atoms with van der Waals surface area (Å²) in [5.74, 6) is 2.50. The van der Waals surface area contributed by atoms with E-state index >= 15 is 0 Å². The van der Waals surface area contributed by atoms with Crippen molar-refractivity contribution in [2.75, 3.05) is 5.73 Å². The van der Waals surface area contributed by atoms with Gasteiger partial charge in [-0.2, -0.15) is 0 Å². The molecule has 2 heterocycles. The molecular formula is C15H21N5. The molecule has 2 saturated carbocycles. The van der Waals surface area contributed by atoms with Crippen molar-refractivity contribution in [3.05, 3.63) is 18.3 Å². The molecule has 2 aliphatic carbocycles. The lowest BCUT2D eigenvalue weighted by Crippen LogP contribution is -2.05. The van der Waals surface area contributed by atoms with Gasteiger partial charge in [-0.05, 0) is 25.7 Å². The predicted molar refractivity (Wildman–Crippen MR) is 78.3 cm³/mol. The van der Waals surface area contributed by atoms with E-state index in [0.717, 1.165) is 23.0 Å². The SMILES string of the molecule is Cn1c(C2CCCC2)nc(-c2cncn2C2CC2)c1N. The molecule has 2 N–H and O–H groups in total. The maximum absolute atomic E-state index is 6.31. The van der Waals surface area contributed by atoms with Gasteiger partial charge < -0.3 is 14.9 Å². The first-order valence-electron chi connectivity index (χ1n) is 7.60. The summed E-state index contributed by atoms with van der Waals surface area (Å²) in [4.78, 5) is 9.18. The topological polar surface area (TPSA) is 61.7 Å². The van der Waals surface area contributed by atoms with Crippen LogP contribution < -0.4 is 5.73 Å². The minimum atomic E-state index is 0.577. The molecule has 0 saturated heterocycles. The molecule has 0 atom stereocenters. The molecule has 2 aromatic rings. The number of anilines is 1. The first-order valence-corrected chi connectivity index (χ1v) is 7.60. The van der Waals surface area contributed by atoms with Crippen LogP contribution in [0, 0.1) is 0 Å². The van der Waals surface area contributed by atoms with Crippen LogP contribution in [0.25, 0.3) is 11.4 Å². The van der Waals surface area contributed by atoms with Crippen LogP contribution in [0.2, 0.25) is 0 Å². The van der Waals surface area contributed by atoms with Crippen molar-refractivity contribution >= 4 is 5.82 Å². The second kappa shape index (κ2) is 4.36. The van der Waals surface area contributed by atoms with Crippen LogP contribution in [0.5, 0.6) is 0 Å². The van der Waals surface area contributed by atoms with Gasteiger partial charge in [0.25, 0.3) is 0 Å². The minimum Gasteiger partial charge on any atom is -0.383 e. The van der Waals surface area contributed by atoms with Gasteiger partial charge in [0.15, 0.2) is 0 Å². The molecule has 0 aliphatic heterocycles. The maximum atomic E-state index is 6.31. The average Bonchev–Trinajstić information content (AvgIpc) is 2.90. The fraction of sp³-hybridized carbons (Fsp3) is 0.600. The number of hydrogen-bond acceptors (Lipinski definition) is 3. The molecule has 4 rings (SSSR count). The predicted octanol–water partition coefficient (Wildman–Crippen LogP) is 2.86. The van der Waals surface area contributed by atoms with E-state index in [0.29, 0.717) is 12.0 Å². The fourth-order valence-corrected chi connectivity index (χ4v) is 3.40. The normalized spacial score (nSPS) is 19.9. The van der Waals surface area contributed by atoms with E-state index in [9.17, 15) is 0 Å². The van der Waals surface area contributed by atoms with Crippen molar-refractivity contribution in [3.63, 3.8) is 0 Å². The molecule has 0 unspecified atom stereocenters. The number of rotatable bonds is 3. The Bertz CT molecular complexity index is 629. The largest absolute Gasteiger partial charge is 0.383 e. The van der Waals surface area contributed by atoms with Gasteiger partial charge in [-0.25, -0.2) is 9.97 Å². The molecule has 0 amide bonds. The van der Waals surface area contributed by atoms with Crippen LogP contribution in [0.4, 0.5) is 5.82 Å². The first kappa shape index (κ1) is 12.0. The highest BCUT2D eigenvalue weighted by molar-refractivity contribution is 5.68. The molecule has 2 fully saturated rings. The van der Waals surface area contributed by atoms with Crippen molar-refractivity contribution in [2.24, 2.45) is 7.05 Å². The summed E-state index contributed by atoms with van der Waals surface area (Å²) in [6, 6.07) is 0.601. The molecule has 0 aromatic carbocycles. The lowest BCUT2D eigenvalue weighted by molar-refractivity contribution is 0.635. The molecule has 0 spiro atoms. The second-order valence-corrected chi connectivity index (χ2v) is 6.16. The Labute approximate surface area is 118 Å². The number of aromatic nitrogens is 4. The van der Waals surface area contributed by atoms with Gasteiger partial charge in [-0.15, -0.1) is 0 Å². The van der Waals surface area contributed by atoms with Gasteiger partial charge in [-0.3, -0.25) is 0 Å². The summed E-state index contributed by atoms with van der Waals surface area (Å²) in [7, 11) is 2.04. The van der Waals surface area contributed by atoms with Crippen LogP contribution >= 0.6 is 0 Å². The quantitative estimate of drug-likeness (QED) is 0.933. The van der Waals surface area contributed by atoms with Crippen LogP contribution in [0.3, 0.4) is 0 Å². The Morgan fingerprint density at radius 2 is 1.95 bits per heavy atom. The number of hydrogen-bond donors (Lipinski definition) is 1. The lowest BCUT2D eigenvalue weighted by Gasteiger charge is -2.08. The van der Waals surface area contributed by atoms with Crippen molar-refractivity contribution in [1.29, 1.82) is 0 Å². The molecule has 20 heavy (non-hydrogen) atoms. The smallest absolute Gasteiger partial charge is 0.133 e. The lowest BCUT2D eigenvalue weighted by atomic mass is 10.1. The summed E-state index contributed by atoms with van der Waals surface area (Å²) in [5, 5.41) is 0. The standard InChI is InChI=1S/C15H21N5/c1-19-14(16)13(18-15(19)10-4-2-3-5-10)12-8-17-9-20(12)11-6-7-11/h8-11H,2-7,16H2,1H3. The van der Waals surface area contributed by atoms with Crippen LogP contribution in [-0.4, -0.2) is 19.1 Å². The molecule has 0 radical (unpaired) electrons. The molecule has 2 aromatic heterocycles. The van der Waals surface area contributed by atoms with E-state index in [1.807, 2.05) is 19.6 Å². The summed E-state index contributed by atoms with van der Waals surface area (Å²) >= 11 is 0. The van der Waals surface area contributed by atoms with Crippen molar-refractivity contribution in [1.82, 2.24) is 19.1 Å². The summed E-state index contributed by atoms with van der Waals surface area (Å²) in [6.07, 6.45) is 11.4. The number of nitrogen functional groups attached to an aromatic ring is 1. The highest BCUT2D eigenvalue weighted by atomic mass is 15.2. The Hall–Kier alpha value is -1.78. The summed E-state index contributed by atoms with van der Waals surface area (Å²) < 4.78 is 4.31. The number of nitrogens with zero attached hydrogens (tertiary/aromatic N) is 4. The zero-order chi connectivity index (χ0) is 13.7. The molecule has 2 aliphatic rings. The Morgan fingerprint density at radius 1 is 1.20 bits per heavy atom. The van der Waals surface area contributed by atoms with Gasteiger partial charge in [-0.1, -0.05) is 12.8 Å².